The number of nitrogens with zero attached hydrogens (tertiary/aromatic N) is 2. The molecule has 2 aromatic carbocycles. The quantitative estimate of drug-likeness (QED) is 0.788. The average molecular weight is 321 g/mol. The van der Waals surface area contributed by atoms with Crippen molar-refractivity contribution in [2.75, 3.05) is 32.7 Å². The fourth-order valence-electron chi connectivity index (χ4n) is 3.98. The van der Waals surface area contributed by atoms with Crippen LogP contribution in [0.15, 0.2) is 42.5 Å². The van der Waals surface area contributed by atoms with Gasteiger partial charge in [-0.25, -0.2) is 0 Å². The lowest BCUT2D eigenvalue weighted by molar-refractivity contribution is 0.244. The van der Waals surface area contributed by atoms with E-state index in [2.05, 4.69) is 71.1 Å². The second-order valence-corrected chi connectivity index (χ2v) is 7.17. The van der Waals surface area contributed by atoms with E-state index in [0.717, 1.165) is 26.1 Å². The van der Waals surface area contributed by atoms with Gasteiger partial charge >= 0.3 is 0 Å². The van der Waals surface area contributed by atoms with Crippen molar-refractivity contribution in [3.63, 3.8) is 0 Å². The molecule has 0 unspecified atom stereocenters. The van der Waals surface area contributed by atoms with Crippen molar-refractivity contribution < 1.29 is 0 Å². The summed E-state index contributed by atoms with van der Waals surface area (Å²) in [5.41, 5.74) is 4.16. The van der Waals surface area contributed by atoms with Gasteiger partial charge in [-0.3, -0.25) is 0 Å². The number of benzene rings is 2. The minimum Gasteiger partial charge on any atom is -0.338 e. The van der Waals surface area contributed by atoms with E-state index in [-0.39, 0.29) is 0 Å². The number of hydrogen-bond donors (Lipinski definition) is 1. The molecule has 3 nitrogen and oxygen atoms in total. The molecule has 3 aromatic rings. The van der Waals surface area contributed by atoms with Gasteiger partial charge in [-0.15, -0.1) is 0 Å². The molecule has 0 spiro atoms. The van der Waals surface area contributed by atoms with E-state index in [4.69, 9.17) is 0 Å². The Morgan fingerprint density at radius 1 is 0.958 bits per heavy atom. The van der Waals surface area contributed by atoms with Gasteiger partial charge < -0.3 is 14.8 Å². The molecule has 24 heavy (non-hydrogen) atoms. The summed E-state index contributed by atoms with van der Waals surface area (Å²) < 4.78 is 2.46. The molecule has 0 atom stereocenters. The van der Waals surface area contributed by atoms with Crippen LogP contribution in [0.5, 0.6) is 0 Å². The lowest BCUT2D eigenvalue weighted by Gasteiger charge is -2.27. The normalized spacial score (nSPS) is 16.5. The number of aromatic nitrogens is 1. The highest BCUT2D eigenvalue weighted by Gasteiger charge is 2.13. The van der Waals surface area contributed by atoms with Crippen molar-refractivity contribution in [2.24, 2.45) is 0 Å². The highest BCUT2D eigenvalue weighted by molar-refractivity contribution is 6.08. The van der Waals surface area contributed by atoms with Gasteiger partial charge in [0, 0.05) is 60.6 Å². The minimum absolute atomic E-state index is 0.471. The molecule has 4 rings (SSSR count). The molecule has 1 aliphatic heterocycles. The highest BCUT2D eigenvalue weighted by Crippen LogP contribution is 2.32. The molecule has 0 saturated carbocycles. The molecule has 0 aliphatic carbocycles. The number of hydrogen-bond acceptors (Lipinski definition) is 2. The van der Waals surface area contributed by atoms with Gasteiger partial charge in [-0.05, 0) is 44.0 Å². The summed E-state index contributed by atoms with van der Waals surface area (Å²) >= 11 is 0. The summed E-state index contributed by atoms with van der Waals surface area (Å²) in [5.74, 6) is 0. The Labute approximate surface area is 144 Å². The van der Waals surface area contributed by atoms with Crippen molar-refractivity contribution in [1.29, 1.82) is 0 Å². The maximum absolute atomic E-state index is 3.43. The van der Waals surface area contributed by atoms with Gasteiger partial charge in [0.1, 0.15) is 0 Å². The Morgan fingerprint density at radius 2 is 1.71 bits per heavy atom. The first-order valence-electron chi connectivity index (χ1n) is 9.18. The number of para-hydroxylation sites is 1. The highest BCUT2D eigenvalue weighted by atomic mass is 15.2. The molecule has 0 bridgehead atoms. The zero-order valence-electron chi connectivity index (χ0n) is 14.8. The first-order chi connectivity index (χ1) is 11.7. The van der Waals surface area contributed by atoms with E-state index in [1.807, 2.05) is 0 Å². The van der Waals surface area contributed by atoms with Crippen LogP contribution in [0.1, 0.15) is 25.5 Å². The topological polar surface area (TPSA) is 20.2 Å². The summed E-state index contributed by atoms with van der Waals surface area (Å²) in [6.07, 6.45) is 1.14. The number of fused-ring (bicyclic) bond motifs is 3. The third kappa shape index (κ3) is 2.83. The summed E-state index contributed by atoms with van der Waals surface area (Å²) in [5, 5.41) is 6.21. The zero-order valence-corrected chi connectivity index (χ0v) is 14.8. The predicted octanol–water partition coefficient (Wildman–Crippen LogP) is 3.82. The summed E-state index contributed by atoms with van der Waals surface area (Å²) in [4.78, 5) is 2.57. The van der Waals surface area contributed by atoms with Gasteiger partial charge in [-0.2, -0.15) is 0 Å². The zero-order chi connectivity index (χ0) is 16.5. The van der Waals surface area contributed by atoms with E-state index in [9.17, 15) is 0 Å². The molecule has 0 amide bonds. The maximum atomic E-state index is 3.43. The molecule has 126 valence electrons. The summed E-state index contributed by atoms with van der Waals surface area (Å²) in [7, 11) is 0. The standard InChI is InChI=1S/C21H27N3/c1-16(2)24-20-6-4-3-5-18(20)19-15-17(7-8-21(19)24)9-12-23-13-10-22-11-14-23/h3-8,15-16,22H,9-14H2,1-2H3. The third-order valence-electron chi connectivity index (χ3n) is 5.22. The second kappa shape index (κ2) is 6.58. The number of rotatable bonds is 4. The van der Waals surface area contributed by atoms with Crippen LogP contribution < -0.4 is 5.32 Å². The molecule has 1 saturated heterocycles. The average Bonchev–Trinajstić information content (AvgIpc) is 2.95. The van der Waals surface area contributed by atoms with E-state index >= 15 is 0 Å². The number of piperazine rings is 1. The van der Waals surface area contributed by atoms with E-state index < -0.39 is 0 Å². The van der Waals surface area contributed by atoms with Crippen LogP contribution in [0.3, 0.4) is 0 Å². The van der Waals surface area contributed by atoms with Gasteiger partial charge in [0.25, 0.3) is 0 Å². The molecule has 1 N–H and O–H groups in total. The van der Waals surface area contributed by atoms with Gasteiger partial charge in [0.15, 0.2) is 0 Å². The Balaban J connectivity index is 1.68. The fraction of sp³-hybridized carbons (Fsp3) is 0.429. The lowest BCUT2D eigenvalue weighted by Crippen LogP contribution is -2.44. The summed E-state index contributed by atoms with van der Waals surface area (Å²) in [6.45, 7) is 10.3. The molecule has 1 fully saturated rings. The van der Waals surface area contributed by atoms with Crippen LogP contribution in [0.4, 0.5) is 0 Å². The SMILES string of the molecule is CC(C)n1c2ccccc2c2cc(CCN3CCNCC3)ccc21. The Bertz CT molecular complexity index is 841. The Morgan fingerprint density at radius 3 is 2.50 bits per heavy atom. The summed E-state index contributed by atoms with van der Waals surface area (Å²) in [6, 6.07) is 16.3. The maximum Gasteiger partial charge on any atom is 0.0493 e. The predicted molar refractivity (Wildman–Crippen MR) is 103 cm³/mol. The first-order valence-corrected chi connectivity index (χ1v) is 9.18. The van der Waals surface area contributed by atoms with E-state index in [1.54, 1.807) is 0 Å². The molecule has 2 heterocycles. The van der Waals surface area contributed by atoms with Crippen LogP contribution >= 0.6 is 0 Å². The Hall–Kier alpha value is -1.84. The van der Waals surface area contributed by atoms with Crippen molar-refractivity contribution in [1.82, 2.24) is 14.8 Å². The monoisotopic (exact) mass is 321 g/mol. The smallest absolute Gasteiger partial charge is 0.0493 e. The largest absolute Gasteiger partial charge is 0.338 e. The van der Waals surface area contributed by atoms with Crippen LogP contribution in [-0.2, 0) is 6.42 Å². The molecule has 0 radical (unpaired) electrons. The third-order valence-corrected chi connectivity index (χ3v) is 5.22. The van der Waals surface area contributed by atoms with E-state index in [1.165, 1.54) is 40.5 Å². The molecule has 1 aliphatic rings. The molecular weight excluding hydrogens is 294 g/mol. The van der Waals surface area contributed by atoms with Gasteiger partial charge in [-0.1, -0.05) is 24.3 Å². The second-order valence-electron chi connectivity index (χ2n) is 7.17. The van der Waals surface area contributed by atoms with Crippen molar-refractivity contribution in [2.45, 2.75) is 26.3 Å². The fourth-order valence-corrected chi connectivity index (χ4v) is 3.98. The van der Waals surface area contributed by atoms with Crippen LogP contribution in [-0.4, -0.2) is 42.2 Å². The molecule has 1 aromatic heterocycles. The van der Waals surface area contributed by atoms with E-state index in [0.29, 0.717) is 6.04 Å². The van der Waals surface area contributed by atoms with Gasteiger partial charge in [0.05, 0.1) is 0 Å². The van der Waals surface area contributed by atoms with Crippen molar-refractivity contribution in [3.05, 3.63) is 48.0 Å². The lowest BCUT2D eigenvalue weighted by atomic mass is 10.1. The first kappa shape index (κ1) is 15.7. The minimum atomic E-state index is 0.471. The van der Waals surface area contributed by atoms with Gasteiger partial charge in [0.2, 0.25) is 0 Å². The molecular formula is C21H27N3. The van der Waals surface area contributed by atoms with Crippen LogP contribution in [0.2, 0.25) is 0 Å². The van der Waals surface area contributed by atoms with Crippen molar-refractivity contribution in [3.8, 4) is 0 Å². The Kier molecular flexibility index (Phi) is 4.30. The number of nitrogens with one attached hydrogen (secondary N) is 1. The molecule has 3 heteroatoms. The van der Waals surface area contributed by atoms with Crippen LogP contribution in [0, 0.1) is 0 Å². The van der Waals surface area contributed by atoms with Crippen LogP contribution in [0.25, 0.3) is 21.8 Å². The van der Waals surface area contributed by atoms with Crippen molar-refractivity contribution >= 4 is 21.8 Å².